The molecule has 0 saturated carbocycles. The summed E-state index contributed by atoms with van der Waals surface area (Å²) < 4.78 is 11.3. The van der Waals surface area contributed by atoms with Crippen LogP contribution < -0.4 is 4.74 Å². The van der Waals surface area contributed by atoms with Crippen LogP contribution in [0.15, 0.2) is 60.7 Å². The SMILES string of the molecule is C=C(C)C(=O)OCCCCCCOc1cccc2c1C=C(c1ccccc1)CCC2. The van der Waals surface area contributed by atoms with Crippen molar-refractivity contribution in [1.29, 1.82) is 0 Å². The van der Waals surface area contributed by atoms with E-state index in [1.54, 1.807) is 6.92 Å². The molecule has 0 spiro atoms. The van der Waals surface area contributed by atoms with E-state index in [2.05, 4.69) is 61.2 Å². The molecule has 0 radical (unpaired) electrons. The molecule has 30 heavy (non-hydrogen) atoms. The Morgan fingerprint density at radius 1 is 0.933 bits per heavy atom. The summed E-state index contributed by atoms with van der Waals surface area (Å²) in [6, 6.07) is 17.0. The highest BCUT2D eigenvalue weighted by molar-refractivity contribution is 5.87. The van der Waals surface area contributed by atoms with Gasteiger partial charge in [0.25, 0.3) is 0 Å². The van der Waals surface area contributed by atoms with Gasteiger partial charge in [0.2, 0.25) is 0 Å². The monoisotopic (exact) mass is 404 g/mol. The van der Waals surface area contributed by atoms with Crippen LogP contribution in [0, 0.1) is 0 Å². The Bertz CT molecular complexity index is 880. The molecule has 2 aromatic rings. The second kappa shape index (κ2) is 11.4. The number of unbranched alkanes of at least 4 members (excludes halogenated alkanes) is 3. The Kier molecular flexibility index (Phi) is 8.31. The van der Waals surface area contributed by atoms with Crippen molar-refractivity contribution < 1.29 is 14.3 Å². The second-order valence-corrected chi connectivity index (χ2v) is 7.90. The predicted octanol–water partition coefficient (Wildman–Crippen LogP) is 6.62. The zero-order valence-corrected chi connectivity index (χ0v) is 18.0. The molecule has 3 nitrogen and oxygen atoms in total. The number of benzene rings is 2. The van der Waals surface area contributed by atoms with Crippen molar-refractivity contribution in [2.24, 2.45) is 0 Å². The topological polar surface area (TPSA) is 35.5 Å². The first-order valence-corrected chi connectivity index (χ1v) is 11.0. The molecule has 0 unspecified atom stereocenters. The Hall–Kier alpha value is -2.81. The van der Waals surface area contributed by atoms with Crippen molar-refractivity contribution in [1.82, 2.24) is 0 Å². The van der Waals surface area contributed by atoms with Crippen LogP contribution in [0.25, 0.3) is 11.6 Å². The van der Waals surface area contributed by atoms with Gasteiger partial charge in [-0.25, -0.2) is 4.79 Å². The lowest BCUT2D eigenvalue weighted by Crippen LogP contribution is -2.06. The van der Waals surface area contributed by atoms with Gasteiger partial charge in [0, 0.05) is 11.1 Å². The van der Waals surface area contributed by atoms with Crippen LogP contribution in [-0.4, -0.2) is 19.2 Å². The summed E-state index contributed by atoms with van der Waals surface area (Å²) >= 11 is 0. The zero-order chi connectivity index (χ0) is 21.2. The summed E-state index contributed by atoms with van der Waals surface area (Å²) in [4.78, 5) is 11.3. The maximum atomic E-state index is 11.3. The number of aryl methyl sites for hydroxylation is 1. The number of ether oxygens (including phenoxy) is 2. The first-order chi connectivity index (χ1) is 14.6. The summed E-state index contributed by atoms with van der Waals surface area (Å²) in [7, 11) is 0. The van der Waals surface area contributed by atoms with E-state index >= 15 is 0 Å². The summed E-state index contributed by atoms with van der Waals surface area (Å²) in [5.41, 5.74) is 5.75. The van der Waals surface area contributed by atoms with Gasteiger partial charge >= 0.3 is 5.97 Å². The van der Waals surface area contributed by atoms with Gasteiger partial charge in [-0.15, -0.1) is 0 Å². The van der Waals surface area contributed by atoms with E-state index in [1.165, 1.54) is 22.3 Å². The predicted molar refractivity (Wildman–Crippen MR) is 123 cm³/mol. The minimum Gasteiger partial charge on any atom is -0.493 e. The standard InChI is InChI=1S/C27H32O3/c1-21(2)27(28)30-19-9-4-3-8-18-29-26-17-11-15-23-14-10-16-24(20-25(23)26)22-12-6-5-7-13-22/h5-7,11-13,15,17,20H,1,3-4,8-10,14,16,18-19H2,2H3. The van der Waals surface area contributed by atoms with Crippen molar-refractivity contribution in [2.45, 2.75) is 51.9 Å². The highest BCUT2D eigenvalue weighted by atomic mass is 16.5. The van der Waals surface area contributed by atoms with Crippen LogP contribution >= 0.6 is 0 Å². The molecule has 1 aliphatic rings. The van der Waals surface area contributed by atoms with Crippen molar-refractivity contribution in [3.05, 3.63) is 77.4 Å². The van der Waals surface area contributed by atoms with Gasteiger partial charge < -0.3 is 9.47 Å². The smallest absolute Gasteiger partial charge is 0.333 e. The van der Waals surface area contributed by atoms with E-state index in [1.807, 2.05) is 0 Å². The third kappa shape index (κ3) is 6.35. The number of fused-ring (bicyclic) bond motifs is 1. The van der Waals surface area contributed by atoms with E-state index in [0.717, 1.165) is 50.7 Å². The highest BCUT2D eigenvalue weighted by Gasteiger charge is 2.14. The summed E-state index contributed by atoms with van der Waals surface area (Å²) in [6.45, 7) is 6.42. The molecule has 0 bridgehead atoms. The molecular weight excluding hydrogens is 372 g/mol. The summed E-state index contributed by atoms with van der Waals surface area (Å²) in [5, 5.41) is 0. The van der Waals surface area contributed by atoms with Gasteiger partial charge in [0.15, 0.2) is 0 Å². The fourth-order valence-electron chi connectivity index (χ4n) is 3.72. The van der Waals surface area contributed by atoms with E-state index in [4.69, 9.17) is 9.47 Å². The van der Waals surface area contributed by atoms with Crippen molar-refractivity contribution in [3.8, 4) is 5.75 Å². The normalized spacial score (nSPS) is 13.0. The number of allylic oxidation sites excluding steroid dienone is 1. The zero-order valence-electron chi connectivity index (χ0n) is 18.0. The van der Waals surface area contributed by atoms with Gasteiger partial charge in [-0.05, 0) is 80.7 Å². The van der Waals surface area contributed by atoms with Crippen LogP contribution in [0.3, 0.4) is 0 Å². The number of carbonyl (C=O) groups excluding carboxylic acids is 1. The Labute approximate surface area is 180 Å². The first kappa shape index (κ1) is 21.9. The molecule has 3 heteroatoms. The van der Waals surface area contributed by atoms with E-state index in [0.29, 0.717) is 18.8 Å². The molecule has 2 aromatic carbocycles. The quantitative estimate of drug-likeness (QED) is 0.253. The van der Waals surface area contributed by atoms with Gasteiger partial charge in [-0.1, -0.05) is 49.0 Å². The Morgan fingerprint density at radius 2 is 1.70 bits per heavy atom. The average molecular weight is 405 g/mol. The molecule has 1 aliphatic carbocycles. The van der Waals surface area contributed by atoms with Crippen LogP contribution in [0.4, 0.5) is 0 Å². The number of carbonyl (C=O) groups is 1. The summed E-state index contributed by atoms with van der Waals surface area (Å²) in [6.07, 6.45) is 9.62. The molecule has 0 N–H and O–H groups in total. The minimum absolute atomic E-state index is 0.300. The van der Waals surface area contributed by atoms with Gasteiger partial charge in [0.05, 0.1) is 13.2 Å². The molecule has 158 valence electrons. The largest absolute Gasteiger partial charge is 0.493 e. The Balaban J connectivity index is 1.51. The lowest BCUT2D eigenvalue weighted by molar-refractivity contribution is -0.139. The highest BCUT2D eigenvalue weighted by Crippen LogP contribution is 2.34. The molecule has 3 rings (SSSR count). The number of esters is 1. The molecule has 0 aliphatic heterocycles. The number of hydrogen-bond donors (Lipinski definition) is 0. The van der Waals surface area contributed by atoms with E-state index in [-0.39, 0.29) is 5.97 Å². The fraction of sp³-hybridized carbons (Fsp3) is 0.370. The average Bonchev–Trinajstić information content (AvgIpc) is 2.99. The molecule has 0 fully saturated rings. The van der Waals surface area contributed by atoms with Crippen LogP contribution in [0.5, 0.6) is 5.75 Å². The minimum atomic E-state index is -0.300. The summed E-state index contributed by atoms with van der Waals surface area (Å²) in [5.74, 6) is 0.684. The Morgan fingerprint density at radius 3 is 2.47 bits per heavy atom. The molecular formula is C27H32O3. The molecule has 0 atom stereocenters. The van der Waals surface area contributed by atoms with Crippen molar-refractivity contribution >= 4 is 17.6 Å². The molecule has 0 amide bonds. The number of rotatable bonds is 10. The van der Waals surface area contributed by atoms with E-state index < -0.39 is 0 Å². The molecule has 0 heterocycles. The van der Waals surface area contributed by atoms with Crippen LogP contribution in [-0.2, 0) is 16.0 Å². The van der Waals surface area contributed by atoms with Crippen molar-refractivity contribution in [3.63, 3.8) is 0 Å². The van der Waals surface area contributed by atoms with Gasteiger partial charge in [0.1, 0.15) is 5.75 Å². The third-order valence-electron chi connectivity index (χ3n) is 5.39. The van der Waals surface area contributed by atoms with Crippen LogP contribution in [0.2, 0.25) is 0 Å². The molecule has 0 aromatic heterocycles. The maximum Gasteiger partial charge on any atom is 0.333 e. The maximum absolute atomic E-state index is 11.3. The number of hydrogen-bond acceptors (Lipinski definition) is 3. The van der Waals surface area contributed by atoms with Crippen molar-refractivity contribution in [2.75, 3.05) is 13.2 Å². The third-order valence-corrected chi connectivity index (χ3v) is 5.39. The lowest BCUT2D eigenvalue weighted by Gasteiger charge is -2.13. The van der Waals surface area contributed by atoms with E-state index in [9.17, 15) is 4.79 Å². The van der Waals surface area contributed by atoms with Gasteiger partial charge in [-0.3, -0.25) is 0 Å². The second-order valence-electron chi connectivity index (χ2n) is 7.90. The lowest BCUT2D eigenvalue weighted by atomic mass is 10.0. The first-order valence-electron chi connectivity index (χ1n) is 11.0. The van der Waals surface area contributed by atoms with Gasteiger partial charge in [-0.2, -0.15) is 0 Å². The fourth-order valence-corrected chi connectivity index (χ4v) is 3.72. The molecule has 0 saturated heterocycles. The van der Waals surface area contributed by atoms with Crippen LogP contribution in [0.1, 0.15) is 62.1 Å².